The summed E-state index contributed by atoms with van der Waals surface area (Å²) in [6.07, 6.45) is 8.42. The van der Waals surface area contributed by atoms with E-state index in [0.717, 1.165) is 25.2 Å². The van der Waals surface area contributed by atoms with Gasteiger partial charge < -0.3 is 0 Å². The number of ketones is 1. The third-order valence-electron chi connectivity index (χ3n) is 3.99. The number of fused-ring (bicyclic) bond motifs is 1. The van der Waals surface area contributed by atoms with Crippen LogP contribution in [0.3, 0.4) is 0 Å². The lowest BCUT2D eigenvalue weighted by molar-refractivity contribution is -0.136. The van der Waals surface area contributed by atoms with E-state index in [9.17, 15) is 4.79 Å². The molecule has 1 heteroatoms. The normalized spacial score (nSPS) is 42.4. The maximum Gasteiger partial charge on any atom is 0.139 e. The first kappa shape index (κ1) is 8.28. The van der Waals surface area contributed by atoms with E-state index in [0.29, 0.717) is 5.78 Å². The first-order chi connectivity index (χ1) is 5.73. The fourth-order valence-electron chi connectivity index (χ4n) is 3.03. The van der Waals surface area contributed by atoms with E-state index in [4.69, 9.17) is 0 Å². The molecule has 0 bridgehead atoms. The Morgan fingerprint density at radius 3 is 2.75 bits per heavy atom. The smallest absolute Gasteiger partial charge is 0.139 e. The molecular weight excluding hydrogens is 148 g/mol. The zero-order valence-electron chi connectivity index (χ0n) is 7.94. The van der Waals surface area contributed by atoms with E-state index >= 15 is 0 Å². The molecule has 2 saturated carbocycles. The van der Waals surface area contributed by atoms with Crippen molar-refractivity contribution in [2.45, 2.75) is 51.9 Å². The van der Waals surface area contributed by atoms with Gasteiger partial charge in [-0.05, 0) is 31.6 Å². The van der Waals surface area contributed by atoms with Crippen LogP contribution >= 0.6 is 0 Å². The molecule has 0 saturated heterocycles. The number of rotatable bonds is 0. The first-order valence-corrected chi connectivity index (χ1v) is 5.27. The third-order valence-corrected chi connectivity index (χ3v) is 3.99. The fourth-order valence-corrected chi connectivity index (χ4v) is 3.03. The van der Waals surface area contributed by atoms with Crippen LogP contribution in [0.2, 0.25) is 0 Å². The molecule has 2 atom stereocenters. The summed E-state index contributed by atoms with van der Waals surface area (Å²) in [6, 6.07) is 0. The molecule has 12 heavy (non-hydrogen) atoms. The monoisotopic (exact) mass is 166 g/mol. The summed E-state index contributed by atoms with van der Waals surface area (Å²) in [5.74, 6) is 1.28. The van der Waals surface area contributed by atoms with Crippen LogP contribution in [0.1, 0.15) is 51.9 Å². The maximum atomic E-state index is 11.8. The molecular formula is C11H18O. The molecule has 0 amide bonds. The van der Waals surface area contributed by atoms with Gasteiger partial charge in [0.25, 0.3) is 0 Å². The molecule has 2 fully saturated rings. The predicted octanol–water partition coefficient (Wildman–Crippen LogP) is 2.94. The molecule has 0 aromatic rings. The number of carbonyl (C=O) groups excluding carboxylic acids is 1. The highest BCUT2D eigenvalue weighted by atomic mass is 16.1. The van der Waals surface area contributed by atoms with Crippen molar-refractivity contribution in [3.05, 3.63) is 0 Å². The molecule has 0 N–H and O–H groups in total. The van der Waals surface area contributed by atoms with Gasteiger partial charge in [0.15, 0.2) is 0 Å². The van der Waals surface area contributed by atoms with Crippen molar-refractivity contribution >= 4 is 5.78 Å². The van der Waals surface area contributed by atoms with Crippen LogP contribution in [-0.2, 0) is 4.79 Å². The average molecular weight is 166 g/mol. The van der Waals surface area contributed by atoms with E-state index < -0.39 is 0 Å². The summed E-state index contributed by atoms with van der Waals surface area (Å²) in [7, 11) is 0. The van der Waals surface area contributed by atoms with Crippen LogP contribution in [0.4, 0.5) is 0 Å². The summed E-state index contributed by atoms with van der Waals surface area (Å²) in [6.45, 7) is 2.21. The van der Waals surface area contributed by atoms with Gasteiger partial charge in [-0.1, -0.05) is 19.8 Å². The molecule has 68 valence electrons. The van der Waals surface area contributed by atoms with E-state index in [-0.39, 0.29) is 5.41 Å². The molecule has 0 aromatic heterocycles. The molecule has 2 rings (SSSR count). The van der Waals surface area contributed by atoms with Crippen LogP contribution < -0.4 is 0 Å². The van der Waals surface area contributed by atoms with Crippen LogP contribution in [0.25, 0.3) is 0 Å². The molecule has 0 aromatic carbocycles. The van der Waals surface area contributed by atoms with E-state index in [1.807, 2.05) is 0 Å². The number of hydrogen-bond acceptors (Lipinski definition) is 1. The zero-order chi connectivity index (χ0) is 8.60. The van der Waals surface area contributed by atoms with Crippen LogP contribution in [-0.4, -0.2) is 5.78 Å². The lowest BCUT2D eigenvalue weighted by Crippen LogP contribution is -2.41. The van der Waals surface area contributed by atoms with Crippen LogP contribution in [0.15, 0.2) is 0 Å². The molecule has 0 radical (unpaired) electrons. The van der Waals surface area contributed by atoms with Gasteiger partial charge in [0, 0.05) is 11.8 Å². The predicted molar refractivity (Wildman–Crippen MR) is 48.9 cm³/mol. The minimum Gasteiger partial charge on any atom is -0.299 e. The lowest BCUT2D eigenvalue weighted by Gasteiger charge is -2.43. The van der Waals surface area contributed by atoms with Crippen LogP contribution in [0, 0.1) is 11.3 Å². The molecule has 2 unspecified atom stereocenters. The second-order valence-electron chi connectivity index (χ2n) is 4.68. The molecule has 0 aliphatic heterocycles. The summed E-state index contributed by atoms with van der Waals surface area (Å²) >= 11 is 0. The van der Waals surface area contributed by atoms with Crippen LogP contribution in [0.5, 0.6) is 0 Å². The average Bonchev–Trinajstić information content (AvgIpc) is 2.07. The Morgan fingerprint density at radius 1 is 1.25 bits per heavy atom. The highest BCUT2D eigenvalue weighted by Crippen LogP contribution is 2.47. The second kappa shape index (κ2) is 2.86. The van der Waals surface area contributed by atoms with Gasteiger partial charge >= 0.3 is 0 Å². The number of hydrogen-bond donors (Lipinski definition) is 0. The maximum absolute atomic E-state index is 11.8. The Kier molecular flexibility index (Phi) is 1.97. The first-order valence-electron chi connectivity index (χ1n) is 5.27. The van der Waals surface area contributed by atoms with E-state index in [1.54, 1.807) is 0 Å². The number of carbonyl (C=O) groups is 1. The van der Waals surface area contributed by atoms with E-state index in [1.165, 1.54) is 25.7 Å². The quantitative estimate of drug-likeness (QED) is 0.540. The largest absolute Gasteiger partial charge is 0.299 e. The minimum atomic E-state index is 0.0938. The number of Topliss-reactive ketones (excluding diaryl/α,β-unsaturated/α-hetero) is 1. The standard InChI is InChI=1S/C11H18O/c1-11-8-3-2-5-9(11)6-4-7-10(11)12/h9H,2-8H2,1H3. The Hall–Kier alpha value is -0.330. The Bertz CT molecular complexity index is 195. The summed E-state index contributed by atoms with van der Waals surface area (Å²) < 4.78 is 0. The van der Waals surface area contributed by atoms with E-state index in [2.05, 4.69) is 6.92 Å². The van der Waals surface area contributed by atoms with Crippen molar-refractivity contribution in [3.63, 3.8) is 0 Å². The van der Waals surface area contributed by atoms with Gasteiger partial charge in [0.2, 0.25) is 0 Å². The zero-order valence-corrected chi connectivity index (χ0v) is 7.94. The topological polar surface area (TPSA) is 17.1 Å². The molecule has 1 nitrogen and oxygen atoms in total. The van der Waals surface area contributed by atoms with Crippen molar-refractivity contribution < 1.29 is 4.79 Å². The summed E-state index contributed by atoms with van der Waals surface area (Å²) in [5.41, 5.74) is 0.0938. The Balaban J connectivity index is 2.20. The second-order valence-corrected chi connectivity index (χ2v) is 4.68. The van der Waals surface area contributed by atoms with Gasteiger partial charge in [0.05, 0.1) is 0 Å². The van der Waals surface area contributed by atoms with Gasteiger partial charge in [-0.25, -0.2) is 0 Å². The Labute approximate surface area is 74.5 Å². The highest BCUT2D eigenvalue weighted by molar-refractivity contribution is 5.85. The third kappa shape index (κ3) is 1.10. The molecule has 0 spiro atoms. The van der Waals surface area contributed by atoms with Gasteiger partial charge in [-0.2, -0.15) is 0 Å². The molecule has 2 aliphatic rings. The van der Waals surface area contributed by atoms with Crippen molar-refractivity contribution in [3.8, 4) is 0 Å². The van der Waals surface area contributed by atoms with Crippen molar-refractivity contribution in [1.29, 1.82) is 0 Å². The fraction of sp³-hybridized carbons (Fsp3) is 0.909. The van der Waals surface area contributed by atoms with Crippen molar-refractivity contribution in [2.75, 3.05) is 0 Å². The molecule has 0 heterocycles. The van der Waals surface area contributed by atoms with Gasteiger partial charge in [-0.3, -0.25) is 4.79 Å². The van der Waals surface area contributed by atoms with Gasteiger partial charge in [-0.15, -0.1) is 0 Å². The summed E-state index contributed by atoms with van der Waals surface area (Å²) in [4.78, 5) is 11.8. The van der Waals surface area contributed by atoms with Crippen molar-refractivity contribution in [2.24, 2.45) is 11.3 Å². The molecule has 2 aliphatic carbocycles. The lowest BCUT2D eigenvalue weighted by atomic mass is 9.60. The highest BCUT2D eigenvalue weighted by Gasteiger charge is 2.43. The van der Waals surface area contributed by atoms with Crippen molar-refractivity contribution in [1.82, 2.24) is 0 Å². The minimum absolute atomic E-state index is 0.0938. The Morgan fingerprint density at radius 2 is 2.00 bits per heavy atom. The SMILES string of the molecule is CC12CCCCC1CCCC2=O. The summed E-state index contributed by atoms with van der Waals surface area (Å²) in [5, 5.41) is 0. The van der Waals surface area contributed by atoms with Gasteiger partial charge in [0.1, 0.15) is 5.78 Å².